The van der Waals surface area contributed by atoms with Crippen LogP contribution in [0.2, 0.25) is 0 Å². The topological polar surface area (TPSA) is 67.4 Å². The van der Waals surface area contributed by atoms with E-state index < -0.39 is 0 Å². The van der Waals surface area contributed by atoms with Crippen molar-refractivity contribution in [3.8, 4) is 5.75 Å². The van der Waals surface area contributed by atoms with Crippen molar-refractivity contribution in [2.75, 3.05) is 30.1 Å². The molecule has 0 atom stereocenters. The minimum Gasteiger partial charge on any atom is -0.486 e. The summed E-state index contributed by atoms with van der Waals surface area (Å²) in [6, 6.07) is 25.1. The fourth-order valence-electron chi connectivity index (χ4n) is 3.11. The summed E-state index contributed by atoms with van der Waals surface area (Å²) in [5, 5.41) is 4.63. The number of nitrogens with one attached hydrogen (secondary N) is 1. The van der Waals surface area contributed by atoms with Crippen LogP contribution in [0.15, 0.2) is 83.9 Å². The fraction of sp³-hybridized carbons (Fsp3) is 0.160. The number of amides is 1. The van der Waals surface area contributed by atoms with E-state index in [2.05, 4.69) is 15.3 Å². The lowest BCUT2D eigenvalue weighted by atomic mass is 10.2. The molecule has 4 aromatic rings. The second-order valence-electron chi connectivity index (χ2n) is 7.34. The normalized spacial score (nSPS) is 10.7. The van der Waals surface area contributed by atoms with Gasteiger partial charge in [0.05, 0.1) is 11.3 Å². The molecule has 0 saturated carbocycles. The SMILES string of the molecule is CN(C)c1ccc(NC(=O)CSc2nc(COc3ccccc3)nc3ccccc23)cc1. The lowest BCUT2D eigenvalue weighted by Crippen LogP contribution is -2.15. The second-order valence-corrected chi connectivity index (χ2v) is 8.31. The van der Waals surface area contributed by atoms with Crippen LogP contribution in [0, 0.1) is 0 Å². The molecule has 0 radical (unpaired) electrons. The number of nitrogens with zero attached hydrogens (tertiary/aromatic N) is 3. The third-order valence-corrected chi connectivity index (χ3v) is 5.72. The van der Waals surface area contributed by atoms with Crippen LogP contribution in [0.5, 0.6) is 5.75 Å². The molecule has 1 aromatic heterocycles. The van der Waals surface area contributed by atoms with E-state index in [1.807, 2.05) is 97.9 Å². The van der Waals surface area contributed by atoms with E-state index in [0.717, 1.165) is 33.1 Å². The maximum atomic E-state index is 12.5. The number of thioether (sulfide) groups is 1. The molecule has 0 fully saturated rings. The Morgan fingerprint density at radius 2 is 1.66 bits per heavy atom. The van der Waals surface area contributed by atoms with Gasteiger partial charge in [-0.25, -0.2) is 9.97 Å². The van der Waals surface area contributed by atoms with Gasteiger partial charge in [0.1, 0.15) is 17.4 Å². The number of benzene rings is 3. The predicted octanol–water partition coefficient (Wildman–Crippen LogP) is 5.01. The van der Waals surface area contributed by atoms with Crippen LogP contribution in [0.1, 0.15) is 5.82 Å². The summed E-state index contributed by atoms with van der Waals surface area (Å²) in [6.07, 6.45) is 0. The number of para-hydroxylation sites is 2. The number of anilines is 2. The molecule has 32 heavy (non-hydrogen) atoms. The molecule has 0 spiro atoms. The first-order chi connectivity index (χ1) is 15.6. The molecule has 0 bridgehead atoms. The van der Waals surface area contributed by atoms with Crippen LogP contribution in [0.25, 0.3) is 10.9 Å². The van der Waals surface area contributed by atoms with Crippen LogP contribution >= 0.6 is 11.8 Å². The number of hydrogen-bond acceptors (Lipinski definition) is 6. The van der Waals surface area contributed by atoms with Crippen LogP contribution in [-0.4, -0.2) is 35.7 Å². The number of rotatable bonds is 8. The average molecular weight is 445 g/mol. The highest BCUT2D eigenvalue weighted by Gasteiger charge is 2.11. The Morgan fingerprint density at radius 3 is 2.41 bits per heavy atom. The van der Waals surface area contributed by atoms with Crippen molar-refractivity contribution < 1.29 is 9.53 Å². The molecule has 3 aromatic carbocycles. The summed E-state index contributed by atoms with van der Waals surface area (Å²) in [5.74, 6) is 1.50. The van der Waals surface area contributed by atoms with Crippen LogP contribution in [0.4, 0.5) is 11.4 Å². The Bertz CT molecular complexity index is 1200. The molecule has 0 aliphatic carbocycles. The van der Waals surface area contributed by atoms with Crippen LogP contribution < -0.4 is 15.0 Å². The zero-order valence-corrected chi connectivity index (χ0v) is 18.8. The lowest BCUT2D eigenvalue weighted by Gasteiger charge is -2.13. The largest absolute Gasteiger partial charge is 0.486 e. The first kappa shape index (κ1) is 21.6. The molecule has 1 amide bonds. The molecule has 1 heterocycles. The third-order valence-electron chi connectivity index (χ3n) is 4.73. The number of carbonyl (C=O) groups excluding carboxylic acids is 1. The average Bonchev–Trinajstić information content (AvgIpc) is 2.82. The van der Waals surface area contributed by atoms with Gasteiger partial charge in [-0.15, -0.1) is 0 Å². The first-order valence-electron chi connectivity index (χ1n) is 10.2. The Balaban J connectivity index is 1.44. The maximum absolute atomic E-state index is 12.5. The maximum Gasteiger partial charge on any atom is 0.234 e. The molecule has 7 heteroatoms. The summed E-state index contributed by atoms with van der Waals surface area (Å²) >= 11 is 1.39. The van der Waals surface area contributed by atoms with Crippen LogP contribution in [0.3, 0.4) is 0 Å². The smallest absolute Gasteiger partial charge is 0.234 e. The van der Waals surface area contributed by atoms with Gasteiger partial charge in [-0.3, -0.25) is 4.79 Å². The minimum atomic E-state index is -0.0858. The zero-order chi connectivity index (χ0) is 22.3. The van der Waals surface area contributed by atoms with Gasteiger partial charge in [0.25, 0.3) is 0 Å². The zero-order valence-electron chi connectivity index (χ0n) is 18.0. The van der Waals surface area contributed by atoms with E-state index in [9.17, 15) is 4.79 Å². The van der Waals surface area contributed by atoms with Crippen molar-refractivity contribution in [1.29, 1.82) is 0 Å². The van der Waals surface area contributed by atoms with E-state index in [-0.39, 0.29) is 18.3 Å². The third kappa shape index (κ3) is 5.56. The Kier molecular flexibility index (Phi) is 6.87. The highest BCUT2D eigenvalue weighted by atomic mass is 32.2. The van der Waals surface area contributed by atoms with Crippen molar-refractivity contribution >= 4 is 39.9 Å². The van der Waals surface area contributed by atoms with Gasteiger partial charge in [-0.05, 0) is 42.5 Å². The summed E-state index contributed by atoms with van der Waals surface area (Å²) in [4.78, 5) is 23.8. The highest BCUT2D eigenvalue weighted by molar-refractivity contribution is 8.00. The van der Waals surface area contributed by atoms with Gasteiger partial charge in [0.15, 0.2) is 5.82 Å². The van der Waals surface area contributed by atoms with Gasteiger partial charge in [0, 0.05) is 30.9 Å². The molecule has 162 valence electrons. The summed E-state index contributed by atoms with van der Waals surface area (Å²) in [6.45, 7) is 0.257. The van der Waals surface area contributed by atoms with E-state index in [0.29, 0.717) is 5.82 Å². The first-order valence-corrected chi connectivity index (χ1v) is 11.2. The fourth-order valence-corrected chi connectivity index (χ4v) is 3.94. The standard InChI is InChI=1S/C25H24N4O2S/c1-29(2)19-14-12-18(13-15-19)26-24(30)17-32-25-21-10-6-7-11-22(21)27-23(28-25)16-31-20-8-4-3-5-9-20/h3-15H,16-17H2,1-2H3,(H,26,30). The molecule has 4 rings (SSSR count). The van der Waals surface area contributed by atoms with Gasteiger partial charge in [-0.1, -0.05) is 48.2 Å². The van der Waals surface area contributed by atoms with Gasteiger partial charge in [0.2, 0.25) is 5.91 Å². The molecule has 0 saturated heterocycles. The molecule has 0 aliphatic rings. The van der Waals surface area contributed by atoms with E-state index in [1.165, 1.54) is 11.8 Å². The van der Waals surface area contributed by atoms with Gasteiger partial charge < -0.3 is 15.0 Å². The van der Waals surface area contributed by atoms with E-state index in [1.54, 1.807) is 0 Å². The second kappa shape index (κ2) is 10.2. The Hall–Kier alpha value is -3.58. The predicted molar refractivity (Wildman–Crippen MR) is 130 cm³/mol. The Labute approximate surface area is 191 Å². The molecule has 0 unspecified atom stereocenters. The van der Waals surface area contributed by atoms with Crippen molar-refractivity contribution in [3.05, 3.63) is 84.7 Å². The monoisotopic (exact) mass is 444 g/mol. The molecular weight excluding hydrogens is 420 g/mol. The van der Waals surface area contributed by atoms with Crippen molar-refractivity contribution in [1.82, 2.24) is 9.97 Å². The lowest BCUT2D eigenvalue weighted by molar-refractivity contribution is -0.113. The van der Waals surface area contributed by atoms with Crippen molar-refractivity contribution in [2.24, 2.45) is 0 Å². The van der Waals surface area contributed by atoms with Gasteiger partial charge in [-0.2, -0.15) is 0 Å². The summed E-state index contributed by atoms with van der Waals surface area (Å²) in [7, 11) is 3.96. The van der Waals surface area contributed by atoms with Gasteiger partial charge >= 0.3 is 0 Å². The Morgan fingerprint density at radius 1 is 0.938 bits per heavy atom. The molecule has 1 N–H and O–H groups in total. The van der Waals surface area contributed by atoms with Crippen molar-refractivity contribution in [2.45, 2.75) is 11.6 Å². The number of ether oxygens (including phenoxy) is 1. The van der Waals surface area contributed by atoms with Crippen LogP contribution in [-0.2, 0) is 11.4 Å². The number of hydrogen-bond donors (Lipinski definition) is 1. The number of fused-ring (bicyclic) bond motifs is 1. The van der Waals surface area contributed by atoms with E-state index >= 15 is 0 Å². The number of carbonyl (C=O) groups is 1. The highest BCUT2D eigenvalue weighted by Crippen LogP contribution is 2.26. The van der Waals surface area contributed by atoms with Crippen molar-refractivity contribution in [3.63, 3.8) is 0 Å². The van der Waals surface area contributed by atoms with E-state index in [4.69, 9.17) is 4.74 Å². The number of aromatic nitrogens is 2. The quantitative estimate of drug-likeness (QED) is 0.305. The molecule has 0 aliphatic heterocycles. The minimum absolute atomic E-state index is 0.0858. The molecular formula is C25H24N4O2S. The molecule has 6 nitrogen and oxygen atoms in total. The summed E-state index contributed by atoms with van der Waals surface area (Å²) < 4.78 is 5.81. The summed E-state index contributed by atoms with van der Waals surface area (Å²) in [5.41, 5.74) is 2.68.